The van der Waals surface area contributed by atoms with Crippen molar-refractivity contribution in [2.45, 2.75) is 202 Å². The van der Waals surface area contributed by atoms with Crippen molar-refractivity contribution in [2.24, 2.45) is 40.9 Å². The minimum atomic E-state index is -0.311. The van der Waals surface area contributed by atoms with E-state index in [1.807, 2.05) is 0 Å². The molecule has 282 valence electrons. The quantitative estimate of drug-likeness (QED) is 0.0969. The van der Waals surface area contributed by atoms with Crippen LogP contribution in [0.5, 0.6) is 0 Å². The molecule has 0 bridgehead atoms. The summed E-state index contributed by atoms with van der Waals surface area (Å²) in [5, 5.41) is 2.94. The van der Waals surface area contributed by atoms with E-state index in [-0.39, 0.29) is 12.2 Å². The predicted molar refractivity (Wildman–Crippen MR) is 209 cm³/mol. The van der Waals surface area contributed by atoms with Gasteiger partial charge in [-0.15, -0.1) is 0 Å². The molecule has 4 nitrogen and oxygen atoms in total. The lowest BCUT2D eigenvalue weighted by Crippen LogP contribution is -2.43. The van der Waals surface area contributed by atoms with Gasteiger partial charge in [0.1, 0.15) is 11.9 Å². The molecule has 1 amide bonds. The highest BCUT2D eigenvalue weighted by Crippen LogP contribution is 2.62. The second kappa shape index (κ2) is 23.1. The Morgan fingerprint density at radius 2 is 1.63 bits per heavy atom. The molecule has 7 atom stereocenters. The zero-order chi connectivity index (χ0) is 35.5. The van der Waals surface area contributed by atoms with E-state index in [2.05, 4.69) is 65.1 Å². The lowest BCUT2D eigenvalue weighted by molar-refractivity contribution is -0.119. The number of fused-ring (bicyclic) bond motifs is 3. The largest absolute Gasteiger partial charge is 0.446 e. The zero-order valence-electron chi connectivity index (χ0n) is 33.2. The number of alkyl carbamates (subject to hydrolysis) is 1. The molecule has 3 rings (SSSR count). The van der Waals surface area contributed by atoms with Crippen molar-refractivity contribution < 1.29 is 14.3 Å². The highest BCUT2D eigenvalue weighted by atomic mass is 16.6. The summed E-state index contributed by atoms with van der Waals surface area (Å²) in [6.07, 6.45) is 34.8. The molecule has 0 aromatic carbocycles. The maximum atomic E-state index is 12.7. The minimum Gasteiger partial charge on any atom is -0.446 e. The van der Waals surface area contributed by atoms with Gasteiger partial charge in [-0.1, -0.05) is 116 Å². The minimum absolute atomic E-state index is 0.0524. The van der Waals surface area contributed by atoms with Crippen molar-refractivity contribution in [1.29, 1.82) is 0 Å². The van der Waals surface area contributed by atoms with Crippen molar-refractivity contribution >= 4 is 11.9 Å². The second-order valence-corrected chi connectivity index (χ2v) is 17.5. The SMILES string of the molecule is CCC/C=C\CCCCCCCCC(=O)CCCNC(=O)O[C@H]1CCCC2CC[C@@]3(C)C(CC[C@@H]3[C@H](C)CCCC(C)C)C2C/C=C(\C)C1. The van der Waals surface area contributed by atoms with Crippen molar-refractivity contribution in [3.63, 3.8) is 0 Å². The number of Topliss-reactive ketones (excluding diaryl/α,β-unsaturated/α-hetero) is 1. The van der Waals surface area contributed by atoms with Crippen molar-refractivity contribution in [3.8, 4) is 0 Å². The summed E-state index contributed by atoms with van der Waals surface area (Å²) in [6.45, 7) is 15.0. The van der Waals surface area contributed by atoms with Gasteiger partial charge in [-0.05, 0) is 125 Å². The molecular formula is C45H79NO3. The van der Waals surface area contributed by atoms with Crippen LogP contribution >= 0.6 is 0 Å². The molecule has 0 radical (unpaired) electrons. The van der Waals surface area contributed by atoms with Gasteiger partial charge in [0.25, 0.3) is 0 Å². The van der Waals surface area contributed by atoms with E-state index in [0.717, 1.165) is 67.6 Å². The van der Waals surface area contributed by atoms with Crippen LogP contribution in [0.25, 0.3) is 0 Å². The first kappa shape index (κ1) is 41.8. The van der Waals surface area contributed by atoms with Crippen LogP contribution in [0.4, 0.5) is 4.79 Å². The van der Waals surface area contributed by atoms with Crippen LogP contribution in [0.15, 0.2) is 23.8 Å². The standard InChI is InChI=1S/C45H79NO3/c1-7-8-9-10-11-12-13-14-15-16-17-24-39(47)25-20-33-46-44(48)49-40-26-19-23-38-31-32-45(6)42(37(5)22-18-21-35(2)3)29-30-43(45)41(38)28-27-36(4)34-40/h9-10,27,35,37-38,40-43H,7-8,11-26,28-34H2,1-6H3,(H,46,48)/b10-9-,36-27+/t37-,38?,40+,41?,42-,43?,45-/m1/s1. The molecule has 2 saturated carbocycles. The van der Waals surface area contributed by atoms with Crippen LogP contribution in [-0.2, 0) is 9.53 Å². The zero-order valence-corrected chi connectivity index (χ0v) is 33.2. The summed E-state index contributed by atoms with van der Waals surface area (Å²) in [6, 6.07) is 0. The van der Waals surface area contributed by atoms with E-state index in [4.69, 9.17) is 4.74 Å². The van der Waals surface area contributed by atoms with Crippen molar-refractivity contribution in [3.05, 3.63) is 23.8 Å². The summed E-state index contributed by atoms with van der Waals surface area (Å²) in [4.78, 5) is 25.1. The number of hydrogen-bond donors (Lipinski definition) is 1. The van der Waals surface area contributed by atoms with E-state index < -0.39 is 0 Å². The summed E-state index contributed by atoms with van der Waals surface area (Å²) >= 11 is 0. The summed E-state index contributed by atoms with van der Waals surface area (Å²) in [7, 11) is 0. The number of carbonyl (C=O) groups is 2. The smallest absolute Gasteiger partial charge is 0.407 e. The number of unbranched alkanes of at least 4 members (excludes halogenated alkanes) is 7. The Morgan fingerprint density at radius 3 is 2.41 bits per heavy atom. The van der Waals surface area contributed by atoms with E-state index >= 15 is 0 Å². The Labute approximate surface area is 303 Å². The lowest BCUT2D eigenvalue weighted by Gasteiger charge is -2.50. The van der Waals surface area contributed by atoms with E-state index in [9.17, 15) is 9.59 Å². The molecule has 1 N–H and O–H groups in total. The fourth-order valence-electron chi connectivity index (χ4n) is 10.2. The Morgan fingerprint density at radius 1 is 0.898 bits per heavy atom. The summed E-state index contributed by atoms with van der Waals surface area (Å²) in [5.41, 5.74) is 1.90. The third kappa shape index (κ3) is 14.9. The highest BCUT2D eigenvalue weighted by Gasteiger charge is 2.54. The highest BCUT2D eigenvalue weighted by molar-refractivity contribution is 5.78. The van der Waals surface area contributed by atoms with Crippen LogP contribution in [0, 0.1) is 40.9 Å². The Kier molecular flexibility index (Phi) is 19.7. The number of ketones is 1. The molecule has 4 heteroatoms. The molecule has 0 spiro atoms. The maximum absolute atomic E-state index is 12.7. The summed E-state index contributed by atoms with van der Waals surface area (Å²) in [5.74, 6) is 5.39. The Bertz CT molecular complexity index is 999. The van der Waals surface area contributed by atoms with Gasteiger partial charge in [-0.3, -0.25) is 4.79 Å². The first-order valence-corrected chi connectivity index (χ1v) is 21.4. The van der Waals surface area contributed by atoms with Crippen LogP contribution in [0.2, 0.25) is 0 Å². The van der Waals surface area contributed by atoms with Gasteiger partial charge in [0.05, 0.1) is 0 Å². The van der Waals surface area contributed by atoms with Crippen LogP contribution in [-0.4, -0.2) is 24.5 Å². The van der Waals surface area contributed by atoms with Gasteiger partial charge in [0, 0.05) is 25.8 Å². The number of rotatable bonds is 21. The molecule has 2 fully saturated rings. The molecule has 0 heterocycles. The number of allylic oxidation sites excluding steroid dienone is 3. The molecule has 0 aliphatic heterocycles. The predicted octanol–water partition coefficient (Wildman–Crippen LogP) is 13.3. The first-order valence-electron chi connectivity index (χ1n) is 21.4. The molecule has 3 aliphatic carbocycles. The second-order valence-electron chi connectivity index (χ2n) is 17.5. The fraction of sp³-hybridized carbons (Fsp3) is 0.867. The average Bonchev–Trinajstić information content (AvgIpc) is 3.42. The van der Waals surface area contributed by atoms with Gasteiger partial charge in [0.15, 0.2) is 0 Å². The number of amides is 1. The fourth-order valence-corrected chi connectivity index (χ4v) is 10.2. The van der Waals surface area contributed by atoms with Gasteiger partial charge >= 0.3 is 6.09 Å². The molecule has 3 unspecified atom stereocenters. The average molecular weight is 682 g/mol. The lowest BCUT2D eigenvalue weighted by atomic mass is 9.55. The molecule has 0 saturated heterocycles. The molecule has 49 heavy (non-hydrogen) atoms. The van der Waals surface area contributed by atoms with Crippen molar-refractivity contribution in [1.82, 2.24) is 5.32 Å². The number of nitrogens with one attached hydrogen (secondary N) is 1. The van der Waals surface area contributed by atoms with Gasteiger partial charge in [-0.25, -0.2) is 4.79 Å². The van der Waals surface area contributed by atoms with E-state index in [0.29, 0.717) is 37.0 Å². The maximum Gasteiger partial charge on any atom is 0.407 e. The monoisotopic (exact) mass is 682 g/mol. The third-order valence-electron chi connectivity index (χ3n) is 13.0. The first-order chi connectivity index (χ1) is 23.6. The molecule has 0 aromatic heterocycles. The van der Waals surface area contributed by atoms with Gasteiger partial charge < -0.3 is 10.1 Å². The normalized spacial score (nSPS) is 29.2. The van der Waals surface area contributed by atoms with Crippen molar-refractivity contribution in [2.75, 3.05) is 6.54 Å². The number of carbonyl (C=O) groups excluding carboxylic acids is 2. The van der Waals surface area contributed by atoms with E-state index in [1.54, 1.807) is 0 Å². The third-order valence-corrected chi connectivity index (χ3v) is 13.0. The van der Waals surface area contributed by atoms with Crippen LogP contribution in [0.1, 0.15) is 196 Å². The Balaban J connectivity index is 1.32. The van der Waals surface area contributed by atoms with Gasteiger partial charge in [-0.2, -0.15) is 0 Å². The Hall–Kier alpha value is -1.58. The summed E-state index contributed by atoms with van der Waals surface area (Å²) < 4.78 is 5.97. The molecular weight excluding hydrogens is 602 g/mol. The number of ether oxygens (including phenoxy) is 1. The topological polar surface area (TPSA) is 55.4 Å². The van der Waals surface area contributed by atoms with E-state index in [1.165, 1.54) is 108 Å². The van der Waals surface area contributed by atoms with Crippen LogP contribution < -0.4 is 5.32 Å². The van der Waals surface area contributed by atoms with Crippen LogP contribution in [0.3, 0.4) is 0 Å². The van der Waals surface area contributed by atoms with Gasteiger partial charge in [0.2, 0.25) is 0 Å². The molecule has 3 aliphatic rings. The number of hydrogen-bond acceptors (Lipinski definition) is 3. The molecule has 0 aromatic rings.